The number of nitrogens with zero attached hydrogens (tertiary/aromatic N) is 4. The predicted molar refractivity (Wildman–Crippen MR) is 113 cm³/mol. The van der Waals surface area contributed by atoms with Gasteiger partial charge >= 0.3 is 0 Å². The molecule has 3 aromatic rings. The van der Waals surface area contributed by atoms with Gasteiger partial charge in [0.2, 0.25) is 5.91 Å². The first-order valence-electron chi connectivity index (χ1n) is 8.48. The number of aromatic nitrogens is 3. The minimum Gasteiger partial charge on any atom is -0.355 e. The number of aryl methyl sites for hydroxylation is 1. The molecule has 0 saturated carbocycles. The number of amides is 1. The van der Waals surface area contributed by atoms with Crippen molar-refractivity contribution in [2.75, 3.05) is 7.05 Å². The quantitative estimate of drug-likeness (QED) is 0.443. The summed E-state index contributed by atoms with van der Waals surface area (Å²) in [6.45, 7) is 8.99. The van der Waals surface area contributed by atoms with Crippen LogP contribution < -0.4 is 5.32 Å². The Morgan fingerprint density at radius 3 is 2.76 bits per heavy atom. The molecule has 1 aromatic carbocycles. The van der Waals surface area contributed by atoms with E-state index in [4.69, 9.17) is 18.2 Å². The third-order valence-electron chi connectivity index (χ3n) is 4.30. The smallest absolute Gasteiger partial charge is 0.250 e. The van der Waals surface area contributed by atoms with Gasteiger partial charge in [0.15, 0.2) is 17.3 Å². The molecule has 9 heteroatoms. The zero-order valence-corrected chi connectivity index (χ0v) is 17.9. The number of rotatable bonds is 5. The Kier molecular flexibility index (Phi) is 6.11. The number of pyridine rings is 1. The summed E-state index contributed by atoms with van der Waals surface area (Å²) in [5.74, 6) is -0.299. The molecule has 0 aliphatic carbocycles. The highest BCUT2D eigenvalue weighted by Crippen LogP contribution is 2.26. The number of Topliss-reactive ketones (excluding diaryl/α,β-unsaturated/α-hetero) is 1. The van der Waals surface area contributed by atoms with Gasteiger partial charge in [0.05, 0.1) is 11.6 Å². The van der Waals surface area contributed by atoms with Crippen molar-refractivity contribution in [3.8, 4) is 5.82 Å². The van der Waals surface area contributed by atoms with Crippen LogP contribution in [0.15, 0.2) is 41.1 Å². The topological polar surface area (TPSA) is 81.2 Å². The van der Waals surface area contributed by atoms with Gasteiger partial charge in [0.1, 0.15) is 10.3 Å². The van der Waals surface area contributed by atoms with Crippen LogP contribution in [-0.2, 0) is 6.42 Å². The number of halogens is 2. The highest BCUT2D eigenvalue weighted by atomic mass is 79.9. The summed E-state index contributed by atoms with van der Waals surface area (Å²) < 4.78 is 1.83. The van der Waals surface area contributed by atoms with Gasteiger partial charge in [0.25, 0.3) is 0 Å². The van der Waals surface area contributed by atoms with Gasteiger partial charge < -0.3 is 5.32 Å². The molecule has 0 saturated heterocycles. The van der Waals surface area contributed by atoms with E-state index in [1.165, 1.54) is 17.8 Å². The van der Waals surface area contributed by atoms with E-state index in [9.17, 15) is 9.59 Å². The SMILES string of the molecule is [C-]#[N+]c1cc(C)c(CC(=O)c2cc(Br)nn2-c2ncccc2Cl)c(C(=O)NC)c1. The minimum absolute atomic E-state index is 0.0462. The summed E-state index contributed by atoms with van der Waals surface area (Å²) in [6.07, 6.45) is 1.51. The molecule has 0 aliphatic heterocycles. The summed E-state index contributed by atoms with van der Waals surface area (Å²) >= 11 is 9.51. The second kappa shape index (κ2) is 8.55. The van der Waals surface area contributed by atoms with Crippen LogP contribution in [-0.4, -0.2) is 33.5 Å². The molecule has 29 heavy (non-hydrogen) atoms. The molecule has 0 aliphatic rings. The van der Waals surface area contributed by atoms with Crippen molar-refractivity contribution < 1.29 is 9.59 Å². The van der Waals surface area contributed by atoms with Gasteiger partial charge in [-0.05, 0) is 46.6 Å². The number of hydrogen-bond donors (Lipinski definition) is 1. The van der Waals surface area contributed by atoms with E-state index in [1.807, 2.05) is 0 Å². The average Bonchev–Trinajstić information content (AvgIpc) is 3.10. The van der Waals surface area contributed by atoms with Crippen molar-refractivity contribution in [1.29, 1.82) is 0 Å². The summed E-state index contributed by atoms with van der Waals surface area (Å²) in [5.41, 5.74) is 2.15. The van der Waals surface area contributed by atoms with Crippen molar-refractivity contribution in [2.24, 2.45) is 0 Å². The van der Waals surface area contributed by atoms with Crippen molar-refractivity contribution >= 4 is 44.9 Å². The number of carbonyl (C=O) groups is 2. The summed E-state index contributed by atoms with van der Waals surface area (Å²) in [6, 6.07) is 8.07. The standard InChI is InChI=1S/C20H15BrClN5O2/c1-11-7-12(23-2)8-14(20(29)24-3)13(11)9-17(28)16-10-18(21)26-27(16)19-15(22)5-4-6-25-19/h4-8,10H,9H2,1,3H3,(H,24,29). The van der Waals surface area contributed by atoms with E-state index in [0.29, 0.717) is 37.8 Å². The number of hydrogen-bond acceptors (Lipinski definition) is 4. The molecule has 2 heterocycles. The molecule has 0 unspecified atom stereocenters. The third kappa shape index (κ3) is 4.21. The average molecular weight is 473 g/mol. The molecule has 0 atom stereocenters. The zero-order chi connectivity index (χ0) is 21.1. The van der Waals surface area contributed by atoms with Crippen molar-refractivity contribution in [1.82, 2.24) is 20.1 Å². The lowest BCUT2D eigenvalue weighted by Gasteiger charge is -2.13. The fourth-order valence-electron chi connectivity index (χ4n) is 2.93. The lowest BCUT2D eigenvalue weighted by atomic mass is 9.95. The molecule has 0 radical (unpaired) electrons. The highest BCUT2D eigenvalue weighted by Gasteiger charge is 2.22. The van der Waals surface area contributed by atoms with Crippen molar-refractivity contribution in [2.45, 2.75) is 13.3 Å². The van der Waals surface area contributed by atoms with Gasteiger partial charge in [-0.3, -0.25) is 9.59 Å². The first-order chi connectivity index (χ1) is 13.8. The summed E-state index contributed by atoms with van der Waals surface area (Å²) in [7, 11) is 1.50. The Hall–Kier alpha value is -3.02. The maximum Gasteiger partial charge on any atom is 0.250 e. The second-order valence-electron chi connectivity index (χ2n) is 6.15. The fourth-order valence-corrected chi connectivity index (χ4v) is 3.51. The van der Waals surface area contributed by atoms with Crippen molar-refractivity contribution in [3.63, 3.8) is 0 Å². The molecule has 1 N–H and O–H groups in total. The van der Waals surface area contributed by atoms with Gasteiger partial charge in [-0.2, -0.15) is 5.10 Å². The first-order valence-corrected chi connectivity index (χ1v) is 9.65. The van der Waals surface area contributed by atoms with Crippen LogP contribution in [0.1, 0.15) is 32.0 Å². The van der Waals surface area contributed by atoms with Crippen LogP contribution >= 0.6 is 27.5 Å². The molecule has 2 aromatic heterocycles. The third-order valence-corrected chi connectivity index (χ3v) is 4.98. The molecule has 0 spiro atoms. The molecular formula is C20H15BrClN5O2. The Bertz CT molecular complexity index is 1170. The molecule has 7 nitrogen and oxygen atoms in total. The van der Waals surface area contributed by atoms with Crippen LogP contribution in [0, 0.1) is 13.5 Å². The van der Waals surface area contributed by atoms with Crippen LogP contribution in [0.3, 0.4) is 0 Å². The van der Waals surface area contributed by atoms with Crippen LogP contribution in [0.4, 0.5) is 5.69 Å². The largest absolute Gasteiger partial charge is 0.355 e. The second-order valence-corrected chi connectivity index (χ2v) is 7.37. The van der Waals surface area contributed by atoms with Crippen LogP contribution in [0.5, 0.6) is 0 Å². The Balaban J connectivity index is 2.06. The zero-order valence-electron chi connectivity index (χ0n) is 15.5. The van der Waals surface area contributed by atoms with Gasteiger partial charge in [0, 0.05) is 31.3 Å². The fraction of sp³-hybridized carbons (Fsp3) is 0.150. The Morgan fingerprint density at radius 2 is 2.10 bits per heavy atom. The number of benzene rings is 1. The monoisotopic (exact) mass is 471 g/mol. The van der Waals surface area contributed by atoms with E-state index >= 15 is 0 Å². The first kappa shape index (κ1) is 20.7. The predicted octanol–water partition coefficient (Wildman–Crippen LogP) is 4.33. The normalized spacial score (nSPS) is 10.4. The lowest BCUT2D eigenvalue weighted by molar-refractivity contribution is 0.0961. The minimum atomic E-state index is -0.358. The molecule has 146 valence electrons. The number of ketones is 1. The van der Waals surface area contributed by atoms with E-state index in [2.05, 4.69) is 36.2 Å². The molecule has 3 rings (SSSR count). The summed E-state index contributed by atoms with van der Waals surface area (Å²) in [4.78, 5) is 33.1. The lowest BCUT2D eigenvalue weighted by Crippen LogP contribution is -2.22. The Labute approximate surface area is 180 Å². The summed E-state index contributed by atoms with van der Waals surface area (Å²) in [5, 5.41) is 7.18. The molecule has 0 fully saturated rings. The molecular weight excluding hydrogens is 458 g/mol. The number of nitrogens with one attached hydrogen (secondary N) is 1. The Morgan fingerprint density at radius 1 is 1.34 bits per heavy atom. The van der Waals surface area contributed by atoms with Gasteiger partial charge in [-0.15, -0.1) is 0 Å². The van der Waals surface area contributed by atoms with Crippen molar-refractivity contribution in [3.05, 3.63) is 80.0 Å². The van der Waals surface area contributed by atoms with Crippen LogP contribution in [0.25, 0.3) is 10.7 Å². The van der Waals surface area contributed by atoms with E-state index < -0.39 is 0 Å². The van der Waals surface area contributed by atoms with Gasteiger partial charge in [-0.25, -0.2) is 14.5 Å². The van der Waals surface area contributed by atoms with Gasteiger partial charge in [-0.1, -0.05) is 23.2 Å². The van der Waals surface area contributed by atoms with E-state index in [-0.39, 0.29) is 23.8 Å². The van der Waals surface area contributed by atoms with Crippen LogP contribution in [0.2, 0.25) is 5.02 Å². The van der Waals surface area contributed by atoms with E-state index in [1.54, 1.807) is 37.4 Å². The van der Waals surface area contributed by atoms with E-state index in [0.717, 1.165) is 0 Å². The molecule has 0 bridgehead atoms. The maximum absolute atomic E-state index is 13.2. The highest BCUT2D eigenvalue weighted by molar-refractivity contribution is 9.10. The maximum atomic E-state index is 13.2. The number of carbonyl (C=O) groups excluding carboxylic acids is 2. The molecule has 1 amide bonds.